The average molecular weight is 416 g/mol. The molecular formula is C19H21N5O2S2. The zero-order valence-electron chi connectivity index (χ0n) is 15.6. The predicted molar refractivity (Wildman–Crippen MR) is 115 cm³/mol. The Morgan fingerprint density at radius 2 is 2.04 bits per heavy atom. The molecule has 0 saturated carbocycles. The van der Waals surface area contributed by atoms with E-state index in [1.807, 2.05) is 5.38 Å². The number of carbonyl (C=O) groups is 1. The van der Waals surface area contributed by atoms with Crippen LogP contribution >= 0.6 is 23.1 Å². The molecule has 3 aromatic rings. The van der Waals surface area contributed by atoms with E-state index in [-0.39, 0.29) is 23.0 Å². The minimum atomic E-state index is -0.348. The van der Waals surface area contributed by atoms with Crippen LogP contribution in [0.25, 0.3) is 11.3 Å². The van der Waals surface area contributed by atoms with Crippen LogP contribution in [-0.2, 0) is 11.2 Å². The first-order valence-electron chi connectivity index (χ1n) is 8.73. The van der Waals surface area contributed by atoms with Crippen LogP contribution in [0.15, 0.2) is 45.7 Å². The van der Waals surface area contributed by atoms with Gasteiger partial charge in [-0.3, -0.25) is 9.59 Å². The summed E-state index contributed by atoms with van der Waals surface area (Å²) in [4.78, 5) is 34.5. The third-order valence-corrected chi connectivity index (χ3v) is 5.35. The Morgan fingerprint density at radius 1 is 1.29 bits per heavy atom. The van der Waals surface area contributed by atoms with E-state index in [2.05, 4.69) is 58.4 Å². The lowest BCUT2D eigenvalue weighted by molar-refractivity contribution is -0.113. The average Bonchev–Trinajstić information content (AvgIpc) is 3.08. The third kappa shape index (κ3) is 5.67. The number of amides is 1. The molecule has 1 amide bonds. The van der Waals surface area contributed by atoms with Gasteiger partial charge in [0.25, 0.3) is 5.56 Å². The highest BCUT2D eigenvalue weighted by Crippen LogP contribution is 2.26. The van der Waals surface area contributed by atoms with Crippen LogP contribution in [0, 0.1) is 5.92 Å². The van der Waals surface area contributed by atoms with Gasteiger partial charge in [-0.05, 0) is 17.9 Å². The standard InChI is InChI=1S/C19H21N5O2S2/c1-11(2)7-12-3-5-13(6-4-12)14-9-27-18(21-14)24-17(26)10-28-19-22-15(20)8-16(25)23-19/h3-6,8-9,11H,7,10H2,1-2H3,(H,21,24,26)(H3,20,22,23,25). The fourth-order valence-electron chi connectivity index (χ4n) is 2.56. The molecular weight excluding hydrogens is 394 g/mol. The molecule has 2 heterocycles. The molecule has 3 rings (SSSR count). The Kier molecular flexibility index (Phi) is 6.48. The van der Waals surface area contributed by atoms with Gasteiger partial charge >= 0.3 is 0 Å². The second-order valence-electron chi connectivity index (χ2n) is 6.65. The summed E-state index contributed by atoms with van der Waals surface area (Å²) < 4.78 is 0. The second-order valence-corrected chi connectivity index (χ2v) is 8.47. The number of hydrogen-bond acceptors (Lipinski definition) is 7. The summed E-state index contributed by atoms with van der Waals surface area (Å²) in [6, 6.07) is 9.52. The maximum atomic E-state index is 12.1. The number of anilines is 2. The summed E-state index contributed by atoms with van der Waals surface area (Å²) in [7, 11) is 0. The number of nitrogens with zero attached hydrogens (tertiary/aromatic N) is 2. The van der Waals surface area contributed by atoms with Crippen molar-refractivity contribution in [2.45, 2.75) is 25.4 Å². The number of nitrogens with one attached hydrogen (secondary N) is 2. The Morgan fingerprint density at radius 3 is 2.71 bits per heavy atom. The van der Waals surface area contributed by atoms with Gasteiger partial charge < -0.3 is 16.0 Å². The van der Waals surface area contributed by atoms with Gasteiger partial charge in [0.1, 0.15) is 5.82 Å². The van der Waals surface area contributed by atoms with Gasteiger partial charge in [-0.2, -0.15) is 0 Å². The van der Waals surface area contributed by atoms with Crippen molar-refractivity contribution in [1.82, 2.24) is 15.0 Å². The quantitative estimate of drug-likeness (QED) is 0.402. The maximum Gasteiger partial charge on any atom is 0.253 e. The molecule has 0 unspecified atom stereocenters. The molecule has 0 saturated heterocycles. The van der Waals surface area contributed by atoms with Crippen LogP contribution < -0.4 is 16.6 Å². The number of hydrogen-bond donors (Lipinski definition) is 3. The van der Waals surface area contributed by atoms with Crippen molar-refractivity contribution in [3.8, 4) is 11.3 Å². The van der Waals surface area contributed by atoms with Gasteiger partial charge in [0.05, 0.1) is 11.4 Å². The Hall–Kier alpha value is -2.65. The summed E-state index contributed by atoms with van der Waals surface area (Å²) in [6.45, 7) is 4.39. The first-order chi connectivity index (χ1) is 13.4. The lowest BCUT2D eigenvalue weighted by Gasteiger charge is -2.05. The van der Waals surface area contributed by atoms with Crippen LogP contribution in [0.5, 0.6) is 0 Å². The maximum absolute atomic E-state index is 12.1. The summed E-state index contributed by atoms with van der Waals surface area (Å²) in [5.41, 5.74) is 8.32. The molecule has 1 aromatic carbocycles. The fourth-order valence-corrected chi connectivity index (χ4v) is 3.98. The van der Waals surface area contributed by atoms with Crippen molar-refractivity contribution < 1.29 is 4.79 Å². The predicted octanol–water partition coefficient (Wildman–Crippen LogP) is 3.40. The first kappa shape index (κ1) is 20.1. The summed E-state index contributed by atoms with van der Waals surface area (Å²) in [6.07, 6.45) is 1.05. The molecule has 0 aliphatic rings. The van der Waals surface area contributed by atoms with E-state index in [0.717, 1.165) is 29.4 Å². The van der Waals surface area contributed by atoms with E-state index in [4.69, 9.17) is 5.73 Å². The molecule has 0 aliphatic heterocycles. The van der Waals surface area contributed by atoms with Crippen LogP contribution in [-0.4, -0.2) is 26.6 Å². The lowest BCUT2D eigenvalue weighted by atomic mass is 10.0. The van der Waals surface area contributed by atoms with Crippen molar-refractivity contribution in [3.63, 3.8) is 0 Å². The van der Waals surface area contributed by atoms with E-state index in [0.29, 0.717) is 16.2 Å². The monoisotopic (exact) mass is 415 g/mol. The number of thiazole rings is 1. The van der Waals surface area contributed by atoms with Crippen LogP contribution in [0.1, 0.15) is 19.4 Å². The number of aromatic nitrogens is 3. The lowest BCUT2D eigenvalue weighted by Crippen LogP contribution is -2.15. The molecule has 7 nitrogen and oxygen atoms in total. The van der Waals surface area contributed by atoms with Gasteiger partial charge in [0, 0.05) is 17.0 Å². The highest BCUT2D eigenvalue weighted by Gasteiger charge is 2.10. The smallest absolute Gasteiger partial charge is 0.253 e. The van der Waals surface area contributed by atoms with E-state index in [1.165, 1.54) is 23.0 Å². The van der Waals surface area contributed by atoms with Crippen molar-refractivity contribution in [1.29, 1.82) is 0 Å². The number of thioether (sulfide) groups is 1. The highest BCUT2D eigenvalue weighted by molar-refractivity contribution is 7.99. The molecule has 28 heavy (non-hydrogen) atoms. The summed E-state index contributed by atoms with van der Waals surface area (Å²) in [5.74, 6) is 0.592. The number of benzene rings is 1. The number of H-pyrrole nitrogens is 1. The normalized spacial score (nSPS) is 11.0. The van der Waals surface area contributed by atoms with Crippen molar-refractivity contribution in [2.24, 2.45) is 5.92 Å². The molecule has 0 atom stereocenters. The van der Waals surface area contributed by atoms with Gasteiger partial charge in [0.2, 0.25) is 5.91 Å². The first-order valence-corrected chi connectivity index (χ1v) is 10.6. The third-order valence-electron chi connectivity index (χ3n) is 3.72. The van der Waals surface area contributed by atoms with E-state index < -0.39 is 0 Å². The topological polar surface area (TPSA) is 114 Å². The number of nitrogens with two attached hydrogens (primary N) is 1. The molecule has 2 aromatic heterocycles. The summed E-state index contributed by atoms with van der Waals surface area (Å²) >= 11 is 2.47. The second kappa shape index (κ2) is 9.03. The highest BCUT2D eigenvalue weighted by atomic mass is 32.2. The number of nitrogen functional groups attached to an aromatic ring is 1. The Bertz CT molecular complexity index is 1010. The van der Waals surface area contributed by atoms with Gasteiger partial charge in [0.15, 0.2) is 10.3 Å². The fraction of sp³-hybridized carbons (Fsp3) is 0.263. The van der Waals surface area contributed by atoms with Crippen LogP contribution in [0.4, 0.5) is 10.9 Å². The molecule has 146 valence electrons. The van der Waals surface area contributed by atoms with Crippen molar-refractivity contribution >= 4 is 40.0 Å². The zero-order chi connectivity index (χ0) is 20.1. The minimum Gasteiger partial charge on any atom is -0.383 e. The molecule has 0 bridgehead atoms. The minimum absolute atomic E-state index is 0.0885. The van der Waals surface area contributed by atoms with E-state index in [9.17, 15) is 9.59 Å². The Balaban J connectivity index is 1.57. The number of aromatic amines is 1. The van der Waals surface area contributed by atoms with Crippen LogP contribution in [0.3, 0.4) is 0 Å². The van der Waals surface area contributed by atoms with Gasteiger partial charge in [-0.25, -0.2) is 9.97 Å². The van der Waals surface area contributed by atoms with Crippen molar-refractivity contribution in [3.05, 3.63) is 51.6 Å². The molecule has 4 N–H and O–H groups in total. The zero-order valence-corrected chi connectivity index (χ0v) is 17.2. The van der Waals surface area contributed by atoms with Gasteiger partial charge in [-0.15, -0.1) is 11.3 Å². The number of carbonyl (C=O) groups excluding carboxylic acids is 1. The van der Waals surface area contributed by atoms with E-state index >= 15 is 0 Å². The van der Waals surface area contributed by atoms with Crippen LogP contribution in [0.2, 0.25) is 0 Å². The van der Waals surface area contributed by atoms with Gasteiger partial charge in [-0.1, -0.05) is 49.9 Å². The van der Waals surface area contributed by atoms with Crippen molar-refractivity contribution in [2.75, 3.05) is 16.8 Å². The molecule has 9 heteroatoms. The molecule has 0 fully saturated rings. The molecule has 0 spiro atoms. The Labute approximate surface area is 170 Å². The SMILES string of the molecule is CC(C)Cc1ccc(-c2csc(NC(=O)CSc3nc(N)cc(=O)[nH]3)n2)cc1. The largest absolute Gasteiger partial charge is 0.383 e. The molecule has 0 aliphatic carbocycles. The number of rotatable bonds is 7. The summed E-state index contributed by atoms with van der Waals surface area (Å²) in [5, 5.41) is 5.51. The van der Waals surface area contributed by atoms with E-state index in [1.54, 1.807) is 0 Å². The molecule has 0 radical (unpaired) electrons.